The van der Waals surface area contributed by atoms with E-state index in [1.54, 1.807) is 29.2 Å². The van der Waals surface area contributed by atoms with E-state index in [-0.39, 0.29) is 48.0 Å². The van der Waals surface area contributed by atoms with Gasteiger partial charge in [-0.05, 0) is 35.9 Å². The summed E-state index contributed by atoms with van der Waals surface area (Å²) in [6, 6.07) is 10.5. The number of para-hydroxylation sites is 1. The molecule has 1 aliphatic rings. The molecule has 1 aliphatic heterocycles. The van der Waals surface area contributed by atoms with Gasteiger partial charge in [0.1, 0.15) is 17.3 Å². The molecule has 3 heterocycles. The van der Waals surface area contributed by atoms with Gasteiger partial charge in [-0.1, -0.05) is 12.1 Å². The lowest BCUT2D eigenvalue weighted by Gasteiger charge is -2.26. The Bertz CT molecular complexity index is 1560. The van der Waals surface area contributed by atoms with Crippen LogP contribution >= 0.6 is 0 Å². The molecule has 184 valence electrons. The maximum absolute atomic E-state index is 15.1. The van der Waals surface area contributed by atoms with Crippen LogP contribution in [0.2, 0.25) is 0 Å². The van der Waals surface area contributed by atoms with Gasteiger partial charge in [0, 0.05) is 42.5 Å². The fraction of sp³-hybridized carbons (Fsp3) is 0.200. The standard InChI is InChI=1S/C25H20F2N4O4S/c26-19-10-16(11-20(27)18(19)14-31-6-8-36(34,35)9-7-31)17-2-1-3-21-24(17)30-23(13-29-21)15-4-5-22(25(32)33)28-12-15/h1-5,10-13H,6-9,14H2,(H,32,33). The molecule has 36 heavy (non-hydrogen) atoms. The van der Waals surface area contributed by atoms with E-state index < -0.39 is 27.4 Å². The van der Waals surface area contributed by atoms with Crippen LogP contribution < -0.4 is 0 Å². The van der Waals surface area contributed by atoms with Gasteiger partial charge in [0.25, 0.3) is 0 Å². The molecule has 1 N–H and O–H groups in total. The normalized spacial score (nSPS) is 15.7. The molecule has 4 aromatic rings. The molecule has 0 bridgehead atoms. The monoisotopic (exact) mass is 510 g/mol. The topological polar surface area (TPSA) is 113 Å². The van der Waals surface area contributed by atoms with Gasteiger partial charge in [-0.25, -0.2) is 32.0 Å². The van der Waals surface area contributed by atoms with E-state index in [0.29, 0.717) is 27.9 Å². The van der Waals surface area contributed by atoms with Crippen LogP contribution in [0, 0.1) is 11.6 Å². The van der Waals surface area contributed by atoms with Crippen molar-refractivity contribution < 1.29 is 27.1 Å². The number of nitrogens with zero attached hydrogens (tertiary/aromatic N) is 4. The first-order valence-corrected chi connectivity index (χ1v) is 12.9. The molecule has 0 spiro atoms. The van der Waals surface area contributed by atoms with Crippen LogP contribution in [0.1, 0.15) is 16.1 Å². The molecule has 0 aliphatic carbocycles. The zero-order valence-electron chi connectivity index (χ0n) is 18.9. The third kappa shape index (κ3) is 4.79. The maximum atomic E-state index is 15.1. The molecular weight excluding hydrogens is 490 g/mol. The van der Waals surface area contributed by atoms with Crippen molar-refractivity contribution in [1.82, 2.24) is 19.9 Å². The molecule has 8 nitrogen and oxygen atoms in total. The zero-order valence-corrected chi connectivity index (χ0v) is 19.7. The van der Waals surface area contributed by atoms with Gasteiger partial charge in [0.2, 0.25) is 0 Å². The first-order valence-electron chi connectivity index (χ1n) is 11.1. The SMILES string of the molecule is O=C(O)c1ccc(-c2cnc3cccc(-c4cc(F)c(CN5CCS(=O)(=O)CC5)c(F)c4)c3n2)cn1. The predicted molar refractivity (Wildman–Crippen MR) is 129 cm³/mol. The number of carboxylic acids is 1. The summed E-state index contributed by atoms with van der Waals surface area (Å²) in [5.41, 5.74) is 2.45. The van der Waals surface area contributed by atoms with E-state index >= 15 is 8.78 Å². The molecule has 0 saturated carbocycles. The molecule has 0 radical (unpaired) electrons. The third-order valence-corrected chi connectivity index (χ3v) is 7.73. The number of carboxylic acid groups (broad SMARTS) is 1. The van der Waals surface area contributed by atoms with Crippen molar-refractivity contribution in [3.8, 4) is 22.4 Å². The highest BCUT2D eigenvalue weighted by molar-refractivity contribution is 7.91. The van der Waals surface area contributed by atoms with Gasteiger partial charge < -0.3 is 5.11 Å². The molecule has 2 aromatic heterocycles. The second-order valence-corrected chi connectivity index (χ2v) is 10.8. The highest BCUT2D eigenvalue weighted by Crippen LogP contribution is 2.31. The van der Waals surface area contributed by atoms with Crippen molar-refractivity contribution in [3.63, 3.8) is 0 Å². The lowest BCUT2D eigenvalue weighted by Crippen LogP contribution is -2.40. The third-order valence-electron chi connectivity index (χ3n) is 6.12. The van der Waals surface area contributed by atoms with Crippen LogP contribution in [0.5, 0.6) is 0 Å². The van der Waals surface area contributed by atoms with Gasteiger partial charge >= 0.3 is 5.97 Å². The van der Waals surface area contributed by atoms with Gasteiger partial charge in [-0.3, -0.25) is 9.88 Å². The number of carbonyl (C=O) groups is 1. The van der Waals surface area contributed by atoms with Crippen molar-refractivity contribution in [2.24, 2.45) is 0 Å². The van der Waals surface area contributed by atoms with Gasteiger partial charge in [-0.15, -0.1) is 0 Å². The first kappa shape index (κ1) is 23.9. The summed E-state index contributed by atoms with van der Waals surface area (Å²) in [5.74, 6) is -2.66. The fourth-order valence-electron chi connectivity index (χ4n) is 4.12. The van der Waals surface area contributed by atoms with Crippen molar-refractivity contribution >= 4 is 26.8 Å². The summed E-state index contributed by atoms with van der Waals surface area (Å²) in [4.78, 5) is 25.7. The highest BCUT2D eigenvalue weighted by Gasteiger charge is 2.24. The Hall–Kier alpha value is -3.83. The summed E-state index contributed by atoms with van der Waals surface area (Å²) >= 11 is 0. The summed E-state index contributed by atoms with van der Waals surface area (Å²) < 4.78 is 53.4. The number of hydrogen-bond donors (Lipinski definition) is 1. The Kier molecular flexibility index (Phi) is 6.19. The van der Waals surface area contributed by atoms with E-state index in [0.717, 1.165) is 0 Å². The van der Waals surface area contributed by atoms with Crippen LogP contribution in [0.25, 0.3) is 33.4 Å². The quantitative estimate of drug-likeness (QED) is 0.434. The fourth-order valence-corrected chi connectivity index (χ4v) is 5.40. The van der Waals surface area contributed by atoms with Crippen LogP contribution in [0.15, 0.2) is 54.9 Å². The van der Waals surface area contributed by atoms with Crippen molar-refractivity contribution in [2.75, 3.05) is 24.6 Å². The lowest BCUT2D eigenvalue weighted by molar-refractivity contribution is 0.0690. The molecule has 5 rings (SSSR count). The Balaban J connectivity index is 1.49. The summed E-state index contributed by atoms with van der Waals surface area (Å²) in [7, 11) is -3.09. The first-order chi connectivity index (χ1) is 17.2. The van der Waals surface area contributed by atoms with Crippen molar-refractivity contribution in [3.05, 3.63) is 77.8 Å². The van der Waals surface area contributed by atoms with E-state index in [1.165, 1.54) is 30.6 Å². The van der Waals surface area contributed by atoms with Gasteiger partial charge in [-0.2, -0.15) is 0 Å². The van der Waals surface area contributed by atoms with E-state index in [4.69, 9.17) is 5.11 Å². The van der Waals surface area contributed by atoms with Crippen molar-refractivity contribution in [2.45, 2.75) is 6.54 Å². The van der Waals surface area contributed by atoms with Gasteiger partial charge in [0.15, 0.2) is 9.84 Å². The lowest BCUT2D eigenvalue weighted by atomic mass is 10.0. The van der Waals surface area contributed by atoms with Gasteiger partial charge in [0.05, 0.1) is 34.4 Å². The van der Waals surface area contributed by atoms with E-state index in [2.05, 4.69) is 15.0 Å². The number of aromatic carboxylic acids is 1. The Morgan fingerprint density at radius 1 is 0.972 bits per heavy atom. The number of benzene rings is 2. The Morgan fingerprint density at radius 2 is 1.69 bits per heavy atom. The summed E-state index contributed by atoms with van der Waals surface area (Å²) in [6.45, 7) is 0.437. The minimum absolute atomic E-state index is 0.0215. The minimum atomic E-state index is -3.09. The number of aromatic nitrogens is 3. The molecule has 2 aromatic carbocycles. The molecule has 1 fully saturated rings. The second-order valence-electron chi connectivity index (χ2n) is 8.51. The summed E-state index contributed by atoms with van der Waals surface area (Å²) in [5, 5.41) is 9.05. The van der Waals surface area contributed by atoms with E-state index in [9.17, 15) is 13.2 Å². The van der Waals surface area contributed by atoms with Crippen LogP contribution in [-0.4, -0.2) is 63.9 Å². The minimum Gasteiger partial charge on any atom is -0.477 e. The molecule has 1 saturated heterocycles. The zero-order chi connectivity index (χ0) is 25.4. The maximum Gasteiger partial charge on any atom is 0.354 e. The largest absolute Gasteiger partial charge is 0.477 e. The highest BCUT2D eigenvalue weighted by atomic mass is 32.2. The average Bonchev–Trinajstić information content (AvgIpc) is 2.86. The van der Waals surface area contributed by atoms with Crippen LogP contribution in [0.3, 0.4) is 0 Å². The Labute approximate surface area is 205 Å². The van der Waals surface area contributed by atoms with Crippen LogP contribution in [-0.2, 0) is 16.4 Å². The number of halogens is 2. The molecule has 11 heteroatoms. The molecule has 0 atom stereocenters. The molecule has 0 unspecified atom stereocenters. The number of sulfone groups is 1. The predicted octanol–water partition coefficient (Wildman–Crippen LogP) is 3.57. The smallest absolute Gasteiger partial charge is 0.354 e. The Morgan fingerprint density at radius 3 is 2.33 bits per heavy atom. The molecule has 0 amide bonds. The average molecular weight is 511 g/mol. The summed E-state index contributed by atoms with van der Waals surface area (Å²) in [6.07, 6.45) is 2.90. The number of pyridine rings is 1. The number of rotatable bonds is 5. The van der Waals surface area contributed by atoms with Crippen LogP contribution in [0.4, 0.5) is 8.78 Å². The number of fused-ring (bicyclic) bond motifs is 1. The van der Waals surface area contributed by atoms with Crippen molar-refractivity contribution in [1.29, 1.82) is 0 Å². The number of hydrogen-bond acceptors (Lipinski definition) is 7. The second kappa shape index (κ2) is 9.32. The van der Waals surface area contributed by atoms with E-state index in [1.807, 2.05) is 0 Å². The molecular formula is C25H20F2N4O4S.